The van der Waals surface area contributed by atoms with Gasteiger partial charge in [0.2, 0.25) is 0 Å². The number of oxazole rings is 1. The van der Waals surface area contributed by atoms with Gasteiger partial charge in [-0.15, -0.1) is 12.4 Å². The lowest BCUT2D eigenvalue weighted by atomic mass is 10.1. The molecule has 3 aromatic rings. The van der Waals surface area contributed by atoms with Crippen LogP contribution in [0.3, 0.4) is 0 Å². The summed E-state index contributed by atoms with van der Waals surface area (Å²) in [4.78, 5) is 7.19. The molecule has 0 amide bonds. The van der Waals surface area contributed by atoms with Gasteiger partial charge in [0.05, 0.1) is 0 Å². The SMILES string of the molecule is CCN(CC)CCSc1nc(-c2ccccc2)c(-c2ccccc2)o1.Cl. The van der Waals surface area contributed by atoms with Gasteiger partial charge in [0, 0.05) is 23.4 Å². The molecule has 138 valence electrons. The Morgan fingerprint density at radius 2 is 1.46 bits per heavy atom. The summed E-state index contributed by atoms with van der Waals surface area (Å²) < 4.78 is 6.14. The van der Waals surface area contributed by atoms with Gasteiger partial charge in [-0.2, -0.15) is 0 Å². The second kappa shape index (κ2) is 10.4. The fourth-order valence-corrected chi connectivity index (χ4v) is 3.56. The molecule has 5 heteroatoms. The molecular formula is C21H25ClN2OS. The van der Waals surface area contributed by atoms with Gasteiger partial charge in [-0.1, -0.05) is 86.3 Å². The summed E-state index contributed by atoms with van der Waals surface area (Å²) >= 11 is 1.68. The molecule has 0 fully saturated rings. The topological polar surface area (TPSA) is 29.3 Å². The number of rotatable bonds is 8. The van der Waals surface area contributed by atoms with Gasteiger partial charge < -0.3 is 9.32 Å². The zero-order valence-electron chi connectivity index (χ0n) is 15.2. The van der Waals surface area contributed by atoms with Gasteiger partial charge in [0.15, 0.2) is 5.76 Å². The first kappa shape index (κ1) is 20.6. The van der Waals surface area contributed by atoms with E-state index >= 15 is 0 Å². The third kappa shape index (κ3) is 5.13. The van der Waals surface area contributed by atoms with Crippen LogP contribution in [0.4, 0.5) is 0 Å². The van der Waals surface area contributed by atoms with Gasteiger partial charge in [-0.25, -0.2) is 4.98 Å². The van der Waals surface area contributed by atoms with Crippen LogP contribution in [-0.2, 0) is 0 Å². The van der Waals surface area contributed by atoms with Crippen LogP contribution in [0.25, 0.3) is 22.6 Å². The van der Waals surface area contributed by atoms with Crippen molar-refractivity contribution in [2.24, 2.45) is 0 Å². The molecular weight excluding hydrogens is 364 g/mol. The molecule has 0 radical (unpaired) electrons. The minimum Gasteiger partial charge on any atom is -0.431 e. The predicted octanol–water partition coefficient (Wildman–Crippen LogP) is 5.86. The van der Waals surface area contributed by atoms with Crippen molar-refractivity contribution < 1.29 is 4.42 Å². The first-order valence-electron chi connectivity index (χ1n) is 8.78. The maximum absolute atomic E-state index is 6.14. The molecule has 1 aromatic heterocycles. The predicted molar refractivity (Wildman–Crippen MR) is 113 cm³/mol. The largest absolute Gasteiger partial charge is 0.431 e. The van der Waals surface area contributed by atoms with E-state index in [-0.39, 0.29) is 12.4 Å². The molecule has 3 nitrogen and oxygen atoms in total. The molecule has 0 atom stereocenters. The summed E-state index contributed by atoms with van der Waals surface area (Å²) in [6.45, 7) is 7.59. The lowest BCUT2D eigenvalue weighted by molar-refractivity contribution is 0.323. The number of hydrogen-bond acceptors (Lipinski definition) is 4. The standard InChI is InChI=1S/C21H24N2OS.ClH/c1-3-23(4-2)15-16-25-21-22-19(17-11-7-5-8-12-17)20(24-21)18-13-9-6-10-14-18;/h5-14H,3-4,15-16H2,1-2H3;1H. The lowest BCUT2D eigenvalue weighted by Gasteiger charge is -2.16. The summed E-state index contributed by atoms with van der Waals surface area (Å²) in [5.41, 5.74) is 3.06. The highest BCUT2D eigenvalue weighted by atomic mass is 35.5. The smallest absolute Gasteiger partial charge is 0.256 e. The fraction of sp³-hybridized carbons (Fsp3) is 0.286. The van der Waals surface area contributed by atoms with Crippen molar-refractivity contribution in [1.82, 2.24) is 9.88 Å². The second-order valence-corrected chi connectivity index (χ2v) is 6.81. The van der Waals surface area contributed by atoms with Crippen molar-refractivity contribution >= 4 is 24.2 Å². The van der Waals surface area contributed by atoms with Crippen molar-refractivity contribution in [3.05, 3.63) is 60.7 Å². The van der Waals surface area contributed by atoms with Crippen LogP contribution in [0.15, 0.2) is 70.3 Å². The number of aromatic nitrogens is 1. The molecule has 3 rings (SSSR count). The monoisotopic (exact) mass is 388 g/mol. The Bertz CT molecular complexity index is 716. The molecule has 0 aliphatic heterocycles. The second-order valence-electron chi connectivity index (χ2n) is 5.76. The van der Waals surface area contributed by atoms with Gasteiger partial charge in [0.1, 0.15) is 5.69 Å². The van der Waals surface area contributed by atoms with Crippen molar-refractivity contribution in [2.45, 2.75) is 19.1 Å². The molecule has 0 aliphatic rings. The maximum atomic E-state index is 6.14. The molecule has 0 spiro atoms. The molecule has 2 aromatic carbocycles. The zero-order chi connectivity index (χ0) is 17.5. The number of halogens is 1. The fourth-order valence-electron chi connectivity index (χ4n) is 2.74. The molecule has 0 N–H and O–H groups in total. The van der Waals surface area contributed by atoms with E-state index in [0.29, 0.717) is 0 Å². The van der Waals surface area contributed by atoms with E-state index in [1.54, 1.807) is 11.8 Å². The first-order chi connectivity index (χ1) is 12.3. The van der Waals surface area contributed by atoms with Crippen LogP contribution in [0, 0.1) is 0 Å². The zero-order valence-corrected chi connectivity index (χ0v) is 16.9. The summed E-state index contributed by atoms with van der Waals surface area (Å²) in [5.74, 6) is 1.82. The Hall–Kier alpha value is -1.75. The van der Waals surface area contributed by atoms with E-state index in [9.17, 15) is 0 Å². The molecule has 0 aliphatic carbocycles. The Morgan fingerprint density at radius 1 is 0.885 bits per heavy atom. The third-order valence-electron chi connectivity index (χ3n) is 4.22. The molecule has 0 saturated carbocycles. The molecule has 26 heavy (non-hydrogen) atoms. The Kier molecular flexibility index (Phi) is 8.23. The summed E-state index contributed by atoms with van der Waals surface area (Å²) in [5, 5.41) is 0.741. The van der Waals surface area contributed by atoms with Crippen LogP contribution in [0.1, 0.15) is 13.8 Å². The average molecular weight is 389 g/mol. The van der Waals surface area contributed by atoms with Crippen LogP contribution in [-0.4, -0.2) is 35.3 Å². The van der Waals surface area contributed by atoms with Crippen molar-refractivity contribution in [1.29, 1.82) is 0 Å². The van der Waals surface area contributed by atoms with Crippen molar-refractivity contribution in [2.75, 3.05) is 25.4 Å². The summed E-state index contributed by atoms with van der Waals surface area (Å²) in [7, 11) is 0. The van der Waals surface area contributed by atoms with Gasteiger partial charge >= 0.3 is 0 Å². The highest BCUT2D eigenvalue weighted by Crippen LogP contribution is 2.35. The van der Waals surface area contributed by atoms with E-state index in [1.807, 2.05) is 36.4 Å². The quantitative estimate of drug-likeness (QED) is 0.451. The first-order valence-corrected chi connectivity index (χ1v) is 9.77. The van der Waals surface area contributed by atoms with E-state index < -0.39 is 0 Å². The molecule has 0 saturated heterocycles. The van der Waals surface area contributed by atoms with E-state index in [0.717, 1.165) is 53.2 Å². The minimum absolute atomic E-state index is 0. The summed E-state index contributed by atoms with van der Waals surface area (Å²) in [6, 6.07) is 20.4. The average Bonchev–Trinajstić information content (AvgIpc) is 3.11. The number of benzene rings is 2. The van der Waals surface area contributed by atoms with Crippen molar-refractivity contribution in [3.63, 3.8) is 0 Å². The highest BCUT2D eigenvalue weighted by molar-refractivity contribution is 7.99. The third-order valence-corrected chi connectivity index (χ3v) is 5.03. The number of thioether (sulfide) groups is 1. The number of nitrogens with zero attached hydrogens (tertiary/aromatic N) is 2. The van der Waals surface area contributed by atoms with Crippen LogP contribution in [0.2, 0.25) is 0 Å². The molecule has 1 heterocycles. The van der Waals surface area contributed by atoms with Gasteiger partial charge in [0.25, 0.3) is 5.22 Å². The van der Waals surface area contributed by atoms with Crippen molar-refractivity contribution in [3.8, 4) is 22.6 Å². The van der Waals surface area contributed by atoms with E-state index in [4.69, 9.17) is 9.40 Å². The highest BCUT2D eigenvalue weighted by Gasteiger charge is 2.17. The van der Waals surface area contributed by atoms with Crippen LogP contribution < -0.4 is 0 Å². The van der Waals surface area contributed by atoms with E-state index in [2.05, 4.69) is 43.0 Å². The molecule has 0 unspecified atom stereocenters. The summed E-state index contributed by atoms with van der Waals surface area (Å²) in [6.07, 6.45) is 0. The normalized spacial score (nSPS) is 10.7. The van der Waals surface area contributed by atoms with E-state index in [1.165, 1.54) is 0 Å². The van der Waals surface area contributed by atoms with Crippen LogP contribution in [0.5, 0.6) is 0 Å². The lowest BCUT2D eigenvalue weighted by Crippen LogP contribution is -2.25. The molecule has 0 bridgehead atoms. The Labute approximate surface area is 166 Å². The maximum Gasteiger partial charge on any atom is 0.256 e. The van der Waals surface area contributed by atoms with Crippen LogP contribution >= 0.6 is 24.2 Å². The van der Waals surface area contributed by atoms with Gasteiger partial charge in [-0.05, 0) is 13.1 Å². The minimum atomic E-state index is 0. The Morgan fingerprint density at radius 3 is 2.04 bits per heavy atom. The number of hydrogen-bond donors (Lipinski definition) is 0. The Balaban J connectivity index is 0.00000243. The van der Waals surface area contributed by atoms with Gasteiger partial charge in [-0.3, -0.25) is 0 Å².